The van der Waals surface area contributed by atoms with E-state index in [2.05, 4.69) is 33.0 Å². The first-order valence-corrected chi connectivity index (χ1v) is 7.28. The Morgan fingerprint density at radius 2 is 2.06 bits per heavy atom. The van der Waals surface area contributed by atoms with Gasteiger partial charge in [-0.2, -0.15) is 0 Å². The Balaban J connectivity index is 2.13. The molecule has 0 aromatic rings. The molecule has 2 heterocycles. The zero-order chi connectivity index (χ0) is 12.5. The molecule has 0 saturated carbocycles. The maximum atomic E-state index is 5.93. The molecule has 0 aromatic carbocycles. The monoisotopic (exact) mass is 239 g/mol. The van der Waals surface area contributed by atoms with Crippen molar-refractivity contribution in [3.8, 4) is 0 Å². The van der Waals surface area contributed by atoms with Gasteiger partial charge in [-0.25, -0.2) is 0 Å². The van der Waals surface area contributed by atoms with E-state index in [1.807, 2.05) is 0 Å². The van der Waals surface area contributed by atoms with Crippen molar-refractivity contribution in [3.63, 3.8) is 0 Å². The van der Waals surface area contributed by atoms with Crippen LogP contribution in [0.15, 0.2) is 0 Å². The Kier molecular flexibility index (Phi) is 3.84. The minimum atomic E-state index is 0.0881. The predicted octanol–water partition coefficient (Wildman–Crippen LogP) is 3.22. The summed E-state index contributed by atoms with van der Waals surface area (Å²) in [6.07, 6.45) is 5.23. The second kappa shape index (κ2) is 4.89. The van der Waals surface area contributed by atoms with Gasteiger partial charge in [0.1, 0.15) is 0 Å². The van der Waals surface area contributed by atoms with Crippen LogP contribution < -0.4 is 5.32 Å². The summed E-state index contributed by atoms with van der Waals surface area (Å²) >= 11 is 0. The number of hydrogen-bond acceptors (Lipinski definition) is 2. The Bertz CT molecular complexity index is 258. The van der Waals surface area contributed by atoms with Crippen molar-refractivity contribution in [2.24, 2.45) is 17.3 Å². The summed E-state index contributed by atoms with van der Waals surface area (Å²) in [5.74, 6) is 1.65. The first kappa shape index (κ1) is 13.4. The minimum absolute atomic E-state index is 0.0881. The molecule has 17 heavy (non-hydrogen) atoms. The van der Waals surface area contributed by atoms with Crippen molar-refractivity contribution < 1.29 is 4.74 Å². The second-order valence-corrected chi connectivity index (χ2v) is 7.18. The van der Waals surface area contributed by atoms with Crippen molar-refractivity contribution in [2.45, 2.75) is 59.0 Å². The molecule has 2 fully saturated rings. The highest BCUT2D eigenvalue weighted by Gasteiger charge is 2.46. The molecular formula is C15H29NO. The third kappa shape index (κ3) is 3.03. The highest BCUT2D eigenvalue weighted by molar-refractivity contribution is 4.98. The molecule has 0 aromatic heterocycles. The van der Waals surface area contributed by atoms with E-state index in [1.54, 1.807) is 0 Å². The molecule has 2 nitrogen and oxygen atoms in total. The SMILES string of the molecule is CC(C)CC1CNCCC12CCOC(C)(C)C2. The fourth-order valence-corrected chi connectivity index (χ4v) is 4.02. The molecule has 2 unspecified atom stereocenters. The Labute approximate surface area is 107 Å². The van der Waals surface area contributed by atoms with Crippen molar-refractivity contribution >= 4 is 0 Å². The van der Waals surface area contributed by atoms with Gasteiger partial charge >= 0.3 is 0 Å². The van der Waals surface area contributed by atoms with E-state index in [9.17, 15) is 0 Å². The number of rotatable bonds is 2. The van der Waals surface area contributed by atoms with Gasteiger partial charge in [-0.05, 0) is 69.9 Å². The molecule has 1 spiro atoms. The maximum Gasteiger partial charge on any atom is 0.0631 e. The van der Waals surface area contributed by atoms with Crippen molar-refractivity contribution in [3.05, 3.63) is 0 Å². The van der Waals surface area contributed by atoms with E-state index in [0.29, 0.717) is 5.41 Å². The van der Waals surface area contributed by atoms with E-state index in [4.69, 9.17) is 4.74 Å². The number of nitrogens with one attached hydrogen (secondary N) is 1. The lowest BCUT2D eigenvalue weighted by atomic mass is 9.61. The van der Waals surface area contributed by atoms with Crippen LogP contribution in [-0.4, -0.2) is 25.3 Å². The molecule has 0 bridgehead atoms. The van der Waals surface area contributed by atoms with Crippen LogP contribution in [0.25, 0.3) is 0 Å². The average Bonchev–Trinajstić information content (AvgIpc) is 2.19. The summed E-state index contributed by atoms with van der Waals surface area (Å²) < 4.78 is 5.93. The van der Waals surface area contributed by atoms with Crippen LogP contribution in [0.1, 0.15) is 53.4 Å². The number of ether oxygens (including phenoxy) is 1. The molecule has 0 amide bonds. The third-order valence-electron chi connectivity index (χ3n) is 4.68. The van der Waals surface area contributed by atoms with Gasteiger partial charge in [-0.15, -0.1) is 0 Å². The van der Waals surface area contributed by atoms with E-state index in [-0.39, 0.29) is 5.60 Å². The summed E-state index contributed by atoms with van der Waals surface area (Å²) in [6, 6.07) is 0. The molecule has 1 N–H and O–H groups in total. The average molecular weight is 239 g/mol. The van der Waals surface area contributed by atoms with Crippen molar-refractivity contribution in [1.82, 2.24) is 5.32 Å². The molecule has 2 aliphatic heterocycles. The lowest BCUT2D eigenvalue weighted by Crippen LogP contribution is -2.52. The van der Waals surface area contributed by atoms with Crippen LogP contribution in [0, 0.1) is 17.3 Å². The smallest absolute Gasteiger partial charge is 0.0631 e. The molecule has 2 rings (SSSR count). The fourth-order valence-electron chi connectivity index (χ4n) is 4.02. The van der Waals surface area contributed by atoms with E-state index in [0.717, 1.165) is 18.4 Å². The lowest BCUT2D eigenvalue weighted by Gasteiger charge is -2.52. The quantitative estimate of drug-likeness (QED) is 0.799. The standard InChI is InChI=1S/C15H29NO/c1-12(2)9-13-10-16-7-5-15(13)6-8-17-14(3,4)11-15/h12-13,16H,5-11H2,1-4H3. The number of hydrogen-bond donors (Lipinski definition) is 1. The Morgan fingerprint density at radius 3 is 2.71 bits per heavy atom. The summed E-state index contributed by atoms with van der Waals surface area (Å²) in [5, 5.41) is 3.60. The Hall–Kier alpha value is -0.0800. The zero-order valence-electron chi connectivity index (χ0n) is 12.0. The van der Waals surface area contributed by atoms with Gasteiger partial charge in [0.25, 0.3) is 0 Å². The molecular weight excluding hydrogens is 210 g/mol. The van der Waals surface area contributed by atoms with Gasteiger partial charge in [0.2, 0.25) is 0 Å². The molecule has 0 aliphatic carbocycles. The van der Waals surface area contributed by atoms with Crippen LogP contribution in [0.4, 0.5) is 0 Å². The summed E-state index contributed by atoms with van der Waals surface area (Å²) in [7, 11) is 0. The largest absolute Gasteiger partial charge is 0.376 e. The van der Waals surface area contributed by atoms with Crippen LogP contribution in [0.5, 0.6) is 0 Å². The maximum absolute atomic E-state index is 5.93. The number of piperidine rings is 1. The molecule has 2 saturated heterocycles. The van der Waals surface area contributed by atoms with E-state index < -0.39 is 0 Å². The summed E-state index contributed by atoms with van der Waals surface area (Å²) in [5.41, 5.74) is 0.641. The van der Waals surface area contributed by atoms with Crippen molar-refractivity contribution in [1.29, 1.82) is 0 Å². The highest BCUT2D eigenvalue weighted by Crippen LogP contribution is 2.49. The molecule has 0 radical (unpaired) electrons. The van der Waals surface area contributed by atoms with Gasteiger partial charge < -0.3 is 10.1 Å². The third-order valence-corrected chi connectivity index (χ3v) is 4.68. The van der Waals surface area contributed by atoms with Gasteiger partial charge in [0.15, 0.2) is 0 Å². The van der Waals surface area contributed by atoms with E-state index in [1.165, 1.54) is 38.8 Å². The second-order valence-electron chi connectivity index (χ2n) is 7.18. The summed E-state index contributed by atoms with van der Waals surface area (Å²) in [4.78, 5) is 0. The minimum Gasteiger partial charge on any atom is -0.376 e. The van der Waals surface area contributed by atoms with Crippen LogP contribution in [-0.2, 0) is 4.74 Å². The topological polar surface area (TPSA) is 21.3 Å². The van der Waals surface area contributed by atoms with Gasteiger partial charge in [0, 0.05) is 6.61 Å². The molecule has 2 heteroatoms. The first-order valence-electron chi connectivity index (χ1n) is 7.28. The molecule has 2 atom stereocenters. The Morgan fingerprint density at radius 1 is 1.29 bits per heavy atom. The van der Waals surface area contributed by atoms with Gasteiger partial charge in [-0.1, -0.05) is 13.8 Å². The van der Waals surface area contributed by atoms with E-state index >= 15 is 0 Å². The molecule has 100 valence electrons. The first-order chi connectivity index (χ1) is 7.94. The van der Waals surface area contributed by atoms with Crippen LogP contribution in [0.3, 0.4) is 0 Å². The summed E-state index contributed by atoms with van der Waals surface area (Å²) in [6.45, 7) is 12.6. The lowest BCUT2D eigenvalue weighted by molar-refractivity contribution is -0.132. The van der Waals surface area contributed by atoms with Crippen LogP contribution >= 0.6 is 0 Å². The van der Waals surface area contributed by atoms with Crippen molar-refractivity contribution in [2.75, 3.05) is 19.7 Å². The normalized spacial score (nSPS) is 37.6. The zero-order valence-corrected chi connectivity index (χ0v) is 12.0. The fraction of sp³-hybridized carbons (Fsp3) is 1.00. The highest BCUT2D eigenvalue weighted by atomic mass is 16.5. The van der Waals surface area contributed by atoms with Gasteiger partial charge in [-0.3, -0.25) is 0 Å². The predicted molar refractivity (Wildman–Crippen MR) is 72.1 cm³/mol. The van der Waals surface area contributed by atoms with Crippen LogP contribution in [0.2, 0.25) is 0 Å². The van der Waals surface area contributed by atoms with Gasteiger partial charge in [0.05, 0.1) is 5.60 Å². The molecule has 2 aliphatic rings.